The van der Waals surface area contributed by atoms with E-state index >= 15 is 9.00 Å². The van der Waals surface area contributed by atoms with Gasteiger partial charge in [-0.05, 0) is 62.3 Å². The third kappa shape index (κ3) is 19.3. The highest BCUT2D eigenvalue weighted by atomic mass is 32.2. The first-order valence-electron chi connectivity index (χ1n) is 30.2. The fourth-order valence-electron chi connectivity index (χ4n) is 11.2. The van der Waals surface area contributed by atoms with Crippen molar-refractivity contribution in [3.8, 4) is 11.5 Å². The van der Waals surface area contributed by atoms with E-state index in [0.717, 1.165) is 4.90 Å². The number of H-pyrrole nitrogens is 1. The average Bonchev–Trinajstić information content (AvgIpc) is 1.60. The van der Waals surface area contributed by atoms with Crippen LogP contribution in [0.2, 0.25) is 0 Å². The van der Waals surface area contributed by atoms with Gasteiger partial charge in [-0.2, -0.15) is 20.5 Å². The van der Waals surface area contributed by atoms with Crippen LogP contribution in [0.25, 0.3) is 10.9 Å². The molecule has 0 spiro atoms. The molecule has 92 heavy (non-hydrogen) atoms. The number of benzene rings is 2. The van der Waals surface area contributed by atoms with Gasteiger partial charge in [-0.15, -0.1) is 0 Å². The van der Waals surface area contributed by atoms with E-state index in [1.807, 2.05) is 13.8 Å². The maximum Gasteiger partial charge on any atom is 0.311 e. The van der Waals surface area contributed by atoms with E-state index in [2.05, 4.69) is 41.6 Å². The monoisotopic (exact) mass is 1340 g/mol. The zero-order valence-corrected chi connectivity index (χ0v) is 52.9. The number of ether oxygens (including phenoxy) is 2. The SMILES string of the molecule is CC[C@H](C)[C@@H]1CCCC(=O)CNC(=O)[C@@H]2CCC(=O)[C@H]([C@@H](C)[C@@H](O)CO)NC(=O)[C@@H]3C[C@@H](O)CN3C(=O)[C@H](CC(N)=O)NC(=O)[C@@H](CS(=O)c3[nH]c4c(CSCCCCNC(=O)CCCC(=O)Oc5c(F)c(F)cc(F)c5F)c(OC)ccc4c32)NC(=O)CNC1=O. The molecule has 1 unspecified atom stereocenters. The number of aromatic nitrogens is 1. The van der Waals surface area contributed by atoms with Crippen LogP contribution in [0.1, 0.15) is 121 Å². The Bertz CT molecular complexity index is 3260. The average molecular weight is 1340 g/mol. The van der Waals surface area contributed by atoms with Crippen molar-refractivity contribution < 1.29 is 99.3 Å². The van der Waals surface area contributed by atoms with Gasteiger partial charge in [-0.1, -0.05) is 27.2 Å². The summed E-state index contributed by atoms with van der Waals surface area (Å²) < 4.78 is 80.9. The van der Waals surface area contributed by atoms with E-state index in [1.165, 1.54) is 25.8 Å². The molecule has 3 aliphatic rings. The van der Waals surface area contributed by atoms with E-state index in [0.29, 0.717) is 36.3 Å². The normalized spacial score (nSPS) is 23.7. The molecule has 1 aromatic heterocycles. The molecule has 2 bridgehead atoms. The Morgan fingerprint density at radius 2 is 1.60 bits per heavy atom. The number of carbonyl (C=O) groups excluding carboxylic acids is 11. The molecule has 3 aliphatic heterocycles. The lowest BCUT2D eigenvalue weighted by Crippen LogP contribution is -2.60. The Morgan fingerprint density at radius 3 is 2.27 bits per heavy atom. The van der Waals surface area contributed by atoms with Crippen LogP contribution in [0, 0.1) is 41.0 Å². The number of primary amides is 1. The molecule has 8 amide bonds. The van der Waals surface area contributed by atoms with E-state index in [1.54, 1.807) is 12.1 Å². The van der Waals surface area contributed by atoms with Gasteiger partial charge in [0.1, 0.15) is 28.9 Å². The molecule has 32 heteroatoms. The number of Topliss-reactive ketones (excluding diaryl/α,β-unsaturated/α-hetero) is 2. The van der Waals surface area contributed by atoms with Gasteiger partial charge in [0, 0.05) is 85.4 Å². The van der Waals surface area contributed by atoms with Gasteiger partial charge >= 0.3 is 5.97 Å². The van der Waals surface area contributed by atoms with Crippen molar-refractivity contribution in [2.75, 3.05) is 51.4 Å². The number of carbonyl (C=O) groups is 11. The lowest BCUT2D eigenvalue weighted by Gasteiger charge is -2.32. The van der Waals surface area contributed by atoms with Gasteiger partial charge in [0.05, 0.1) is 79.5 Å². The van der Waals surface area contributed by atoms with Crippen molar-refractivity contribution in [1.29, 1.82) is 0 Å². The summed E-state index contributed by atoms with van der Waals surface area (Å²) in [5.41, 5.74) is 6.31. The topological polar surface area (TPSA) is 401 Å². The molecular weight excluding hydrogens is 1260 g/mol. The first kappa shape index (κ1) is 73.5. The molecule has 0 saturated carbocycles. The van der Waals surface area contributed by atoms with Crippen molar-refractivity contribution in [1.82, 2.24) is 41.8 Å². The maximum atomic E-state index is 15.5. The van der Waals surface area contributed by atoms with Crippen molar-refractivity contribution in [3.05, 3.63) is 52.6 Å². The Kier molecular flexibility index (Phi) is 27.5. The molecule has 0 radical (unpaired) electrons. The first-order chi connectivity index (χ1) is 43.7. The maximum absolute atomic E-state index is 15.5. The highest BCUT2D eigenvalue weighted by Gasteiger charge is 2.45. The molecule has 4 heterocycles. The number of rotatable bonds is 20. The fraction of sp³-hybridized carbons (Fsp3) is 0.583. The van der Waals surface area contributed by atoms with Gasteiger partial charge < -0.3 is 72.3 Å². The van der Waals surface area contributed by atoms with E-state index < -0.39 is 223 Å². The number of methoxy groups -OCH3 is 1. The van der Waals surface area contributed by atoms with Crippen molar-refractivity contribution in [3.63, 3.8) is 0 Å². The number of hydrogen-bond acceptors (Lipinski definition) is 18. The second-order valence-corrected chi connectivity index (χ2v) is 25.6. The van der Waals surface area contributed by atoms with E-state index in [9.17, 15) is 80.8 Å². The van der Waals surface area contributed by atoms with Crippen LogP contribution in [0.3, 0.4) is 0 Å². The Balaban J connectivity index is 1.37. The molecule has 11 atom stereocenters. The summed E-state index contributed by atoms with van der Waals surface area (Å²) in [7, 11) is -1.15. The summed E-state index contributed by atoms with van der Waals surface area (Å²) in [4.78, 5) is 156. The number of thioether (sulfide) groups is 1. The van der Waals surface area contributed by atoms with Gasteiger partial charge in [-0.25, -0.2) is 8.78 Å². The molecule has 506 valence electrons. The van der Waals surface area contributed by atoms with Crippen LogP contribution < -0.4 is 47.1 Å². The number of halogens is 4. The first-order valence-corrected chi connectivity index (χ1v) is 32.7. The van der Waals surface area contributed by atoms with E-state index in [-0.39, 0.29) is 77.9 Å². The molecule has 3 aromatic rings. The van der Waals surface area contributed by atoms with Crippen LogP contribution in [-0.4, -0.2) is 182 Å². The molecule has 1 saturated heterocycles. The number of ketones is 2. The number of hydrogen-bond donors (Lipinski definition) is 11. The summed E-state index contributed by atoms with van der Waals surface area (Å²) >= 11 is 1.39. The largest absolute Gasteiger partial charge is 0.496 e. The lowest BCUT2D eigenvalue weighted by atomic mass is 9.86. The molecular formula is C60H79F4N9O17S2. The predicted octanol–water partition coefficient (Wildman–Crippen LogP) is 1.12. The Labute approximate surface area is 533 Å². The summed E-state index contributed by atoms with van der Waals surface area (Å²) in [6, 6.07) is -3.93. The lowest BCUT2D eigenvalue weighted by molar-refractivity contribution is -0.143. The summed E-state index contributed by atoms with van der Waals surface area (Å²) in [5, 5.41) is 47.3. The van der Waals surface area contributed by atoms with Crippen LogP contribution in [0.15, 0.2) is 23.2 Å². The minimum absolute atomic E-state index is 0.00282. The predicted molar refractivity (Wildman–Crippen MR) is 323 cm³/mol. The number of aromatic amines is 1. The third-order valence-electron chi connectivity index (χ3n) is 16.5. The summed E-state index contributed by atoms with van der Waals surface area (Å²) in [6.07, 6.45) is -4.43. The third-order valence-corrected chi connectivity index (χ3v) is 19.0. The second kappa shape index (κ2) is 34.4. The molecule has 12 N–H and O–H groups in total. The van der Waals surface area contributed by atoms with Crippen molar-refractivity contribution >= 4 is 98.3 Å². The van der Waals surface area contributed by atoms with Crippen molar-refractivity contribution in [2.45, 2.75) is 157 Å². The zero-order chi connectivity index (χ0) is 67.7. The number of nitrogens with one attached hydrogen (secondary N) is 7. The molecule has 6 rings (SSSR count). The fourth-order valence-corrected chi connectivity index (χ4v) is 13.6. The number of aliphatic hydroxyl groups is 3. The van der Waals surface area contributed by atoms with Gasteiger partial charge in [-0.3, -0.25) is 56.9 Å². The van der Waals surface area contributed by atoms with Gasteiger partial charge in [0.15, 0.2) is 23.2 Å². The van der Waals surface area contributed by atoms with Crippen molar-refractivity contribution in [2.24, 2.45) is 23.5 Å². The molecule has 26 nitrogen and oxygen atoms in total. The minimum atomic E-state index is -2.54. The molecule has 2 aromatic carbocycles. The Morgan fingerprint density at radius 1 is 0.891 bits per heavy atom. The van der Waals surface area contributed by atoms with Gasteiger partial charge in [0.2, 0.25) is 64.6 Å². The van der Waals surface area contributed by atoms with Crippen LogP contribution in [-0.2, 0) is 69.3 Å². The highest BCUT2D eigenvalue weighted by Crippen LogP contribution is 2.41. The quantitative estimate of drug-likeness (QED) is 0.0248. The number of esters is 1. The second-order valence-electron chi connectivity index (χ2n) is 23.0. The van der Waals surface area contributed by atoms with Crippen LogP contribution in [0.5, 0.6) is 11.5 Å². The molecule has 1 fully saturated rings. The highest BCUT2D eigenvalue weighted by molar-refractivity contribution is 7.98. The number of nitrogens with zero attached hydrogens (tertiary/aromatic N) is 1. The van der Waals surface area contributed by atoms with Crippen LogP contribution >= 0.6 is 11.8 Å². The van der Waals surface area contributed by atoms with Gasteiger partial charge in [0.25, 0.3) is 0 Å². The van der Waals surface area contributed by atoms with Crippen LogP contribution in [0.4, 0.5) is 17.6 Å². The summed E-state index contributed by atoms with van der Waals surface area (Å²) in [6.45, 7) is 2.54. The number of nitrogens with two attached hydrogens (primary N) is 1. The summed E-state index contributed by atoms with van der Waals surface area (Å²) in [5.74, 6) is -22.3. The number of amides is 8. The smallest absolute Gasteiger partial charge is 0.311 e. The zero-order valence-electron chi connectivity index (χ0n) is 51.3. The Hall–Kier alpha value is -7.55. The molecule has 0 aliphatic carbocycles. The standard InChI is InChI=1S/C60H79F4N9O17S2/c1-5-29(2)33-11-8-10-31(75)23-67-56(84)35-14-16-42(77)52(30(3)43(78)26-74)71-58(86)41-20-32(76)25-73(41)60(87)39(22-45(65)79)70-57(85)40(69-47(81)24-68-55(33)83)28-92(88)59-49(35)34-15-17-44(89-4)36(53(34)72-59)27-91-19-7-6-18-66-46(80)12-9-13-48(82)90-54-50(63)37(61)21-38(62)51(54)64/h15,17,21,29-30,32-33,35,39-41,43,52,72,74,76,78H,5-14,16,18-20,22-28H2,1-4H3,(H2,65,79)(H,66,80)(H,67,84)(H,68,83)(H,69,81)(H,70,85)(H,71,86)/t29-,30-,32+,33-,35+,39-,40+,41-,43-,52-,92?/m0/s1. The number of aliphatic hydroxyl groups excluding tert-OH is 3. The number of fused-ring (bicyclic) bond motifs is 4. The minimum Gasteiger partial charge on any atom is -0.496 e. The van der Waals surface area contributed by atoms with E-state index in [4.69, 9.17) is 10.5 Å². The number of unbranched alkanes of at least 4 members (excludes halogenated alkanes) is 1.